The van der Waals surface area contributed by atoms with Gasteiger partial charge in [-0.05, 0) is 90.4 Å². The average molecular weight is 530 g/mol. The Morgan fingerprint density at radius 3 is 2.52 bits per heavy atom. The Morgan fingerprint density at radius 2 is 1.77 bits per heavy atom. The van der Waals surface area contributed by atoms with Crippen molar-refractivity contribution in [2.45, 2.75) is 27.3 Å². The first-order valence-electron chi connectivity index (χ1n) is 10.2. The summed E-state index contributed by atoms with van der Waals surface area (Å²) in [5, 5.41) is 6.33. The molecule has 0 saturated heterocycles. The summed E-state index contributed by atoms with van der Waals surface area (Å²) < 4.78 is 12.6. The van der Waals surface area contributed by atoms with Crippen molar-refractivity contribution >= 4 is 39.9 Å². The predicted octanol–water partition coefficient (Wildman–Crippen LogP) is 5.94. The highest BCUT2D eigenvalue weighted by atomic mass is 127. The SMILES string of the molecule is CCOc1cc(CNc2cc(C)ccc2C)cc(I)c1OCC(=O)Nc1ccccc1. The van der Waals surface area contributed by atoms with Crippen molar-refractivity contribution in [2.24, 2.45) is 0 Å². The first-order chi connectivity index (χ1) is 15.0. The minimum absolute atomic E-state index is 0.0922. The average Bonchev–Trinajstić information content (AvgIpc) is 2.74. The highest BCUT2D eigenvalue weighted by Crippen LogP contribution is 2.34. The molecule has 5 nitrogen and oxygen atoms in total. The van der Waals surface area contributed by atoms with Crippen LogP contribution in [0.4, 0.5) is 11.4 Å². The van der Waals surface area contributed by atoms with Crippen molar-refractivity contribution in [1.82, 2.24) is 0 Å². The zero-order chi connectivity index (χ0) is 22.2. The van der Waals surface area contributed by atoms with E-state index in [2.05, 4.69) is 65.3 Å². The van der Waals surface area contributed by atoms with Gasteiger partial charge < -0.3 is 20.1 Å². The molecule has 0 fully saturated rings. The third-order valence-electron chi connectivity index (χ3n) is 4.65. The molecule has 0 spiro atoms. The van der Waals surface area contributed by atoms with Gasteiger partial charge in [0.05, 0.1) is 10.2 Å². The van der Waals surface area contributed by atoms with E-state index in [1.165, 1.54) is 11.1 Å². The lowest BCUT2D eigenvalue weighted by Crippen LogP contribution is -2.20. The van der Waals surface area contributed by atoms with E-state index in [0.717, 1.165) is 20.5 Å². The minimum atomic E-state index is -0.217. The van der Waals surface area contributed by atoms with E-state index in [1.54, 1.807) is 0 Å². The normalized spacial score (nSPS) is 10.5. The Kier molecular flexibility index (Phi) is 8.17. The van der Waals surface area contributed by atoms with Gasteiger partial charge in [0.15, 0.2) is 18.1 Å². The van der Waals surface area contributed by atoms with Crippen LogP contribution in [0.5, 0.6) is 11.5 Å². The van der Waals surface area contributed by atoms with Crippen molar-refractivity contribution in [3.8, 4) is 11.5 Å². The molecule has 31 heavy (non-hydrogen) atoms. The fraction of sp³-hybridized carbons (Fsp3) is 0.240. The largest absolute Gasteiger partial charge is 0.490 e. The van der Waals surface area contributed by atoms with Crippen LogP contribution in [0.1, 0.15) is 23.6 Å². The smallest absolute Gasteiger partial charge is 0.262 e. The maximum atomic E-state index is 12.3. The number of carbonyl (C=O) groups is 1. The summed E-state index contributed by atoms with van der Waals surface area (Å²) in [6.07, 6.45) is 0. The summed E-state index contributed by atoms with van der Waals surface area (Å²) in [4.78, 5) is 12.3. The van der Waals surface area contributed by atoms with Crippen LogP contribution in [0.2, 0.25) is 0 Å². The van der Waals surface area contributed by atoms with Crippen LogP contribution in [0, 0.1) is 17.4 Å². The van der Waals surface area contributed by atoms with Gasteiger partial charge in [-0.25, -0.2) is 0 Å². The number of carbonyl (C=O) groups excluding carboxylic acids is 1. The molecule has 0 aromatic heterocycles. The third kappa shape index (κ3) is 6.62. The lowest BCUT2D eigenvalue weighted by atomic mass is 10.1. The second kappa shape index (κ2) is 11.0. The number of hydrogen-bond donors (Lipinski definition) is 2. The Hall–Kier alpha value is -2.74. The fourth-order valence-electron chi connectivity index (χ4n) is 3.11. The maximum Gasteiger partial charge on any atom is 0.262 e. The number of hydrogen-bond acceptors (Lipinski definition) is 4. The number of benzene rings is 3. The monoisotopic (exact) mass is 530 g/mol. The molecule has 0 radical (unpaired) electrons. The topological polar surface area (TPSA) is 59.6 Å². The van der Waals surface area contributed by atoms with Crippen molar-refractivity contribution in [2.75, 3.05) is 23.8 Å². The molecule has 2 N–H and O–H groups in total. The van der Waals surface area contributed by atoms with Crippen LogP contribution in [-0.2, 0) is 11.3 Å². The number of anilines is 2. The number of ether oxygens (including phenoxy) is 2. The zero-order valence-electron chi connectivity index (χ0n) is 18.0. The maximum absolute atomic E-state index is 12.3. The quantitative estimate of drug-likeness (QED) is 0.337. The molecular weight excluding hydrogens is 503 g/mol. The standard InChI is InChI=1S/C25H27IN2O3/c1-4-30-23-14-19(15-27-22-12-17(2)10-11-18(22)3)13-21(26)25(23)31-16-24(29)28-20-8-6-5-7-9-20/h5-14,27H,4,15-16H2,1-3H3,(H,28,29). The molecule has 0 atom stereocenters. The number of aryl methyl sites for hydroxylation is 2. The molecule has 0 heterocycles. The van der Waals surface area contributed by atoms with Crippen LogP contribution >= 0.6 is 22.6 Å². The van der Waals surface area contributed by atoms with Crippen molar-refractivity contribution in [3.05, 3.63) is 80.9 Å². The molecule has 1 amide bonds. The molecule has 162 valence electrons. The molecule has 0 saturated carbocycles. The number of halogens is 1. The highest BCUT2D eigenvalue weighted by Gasteiger charge is 2.14. The van der Waals surface area contributed by atoms with Gasteiger partial charge in [-0.3, -0.25) is 4.79 Å². The van der Waals surface area contributed by atoms with Gasteiger partial charge in [-0.15, -0.1) is 0 Å². The van der Waals surface area contributed by atoms with Gasteiger partial charge in [0, 0.05) is 17.9 Å². The molecule has 3 aromatic rings. The summed E-state index contributed by atoms with van der Waals surface area (Å²) in [5.74, 6) is 1.01. The molecule has 6 heteroatoms. The van der Waals surface area contributed by atoms with Crippen LogP contribution < -0.4 is 20.1 Å². The number of para-hydroxylation sites is 1. The Bertz CT molecular complexity index is 1040. The van der Waals surface area contributed by atoms with E-state index in [0.29, 0.717) is 24.7 Å². The third-order valence-corrected chi connectivity index (χ3v) is 5.45. The van der Waals surface area contributed by atoms with E-state index in [1.807, 2.05) is 49.4 Å². The van der Waals surface area contributed by atoms with E-state index in [4.69, 9.17) is 9.47 Å². The van der Waals surface area contributed by atoms with E-state index in [-0.39, 0.29) is 12.5 Å². The first-order valence-corrected chi connectivity index (χ1v) is 11.3. The fourth-order valence-corrected chi connectivity index (χ4v) is 3.93. The van der Waals surface area contributed by atoms with E-state index in [9.17, 15) is 4.79 Å². The summed E-state index contributed by atoms with van der Waals surface area (Å²) in [6.45, 7) is 7.19. The van der Waals surface area contributed by atoms with Gasteiger partial charge in [0.1, 0.15) is 0 Å². The molecule has 0 aliphatic carbocycles. The van der Waals surface area contributed by atoms with Gasteiger partial charge in [-0.1, -0.05) is 30.3 Å². The first kappa shape index (κ1) is 22.9. The molecule has 3 rings (SSSR count). The summed E-state index contributed by atoms with van der Waals surface area (Å²) in [6, 6.07) is 19.7. The van der Waals surface area contributed by atoms with Crippen LogP contribution in [0.3, 0.4) is 0 Å². The van der Waals surface area contributed by atoms with Crippen LogP contribution in [0.15, 0.2) is 60.7 Å². The van der Waals surface area contributed by atoms with Crippen molar-refractivity contribution in [1.29, 1.82) is 0 Å². The number of nitrogens with one attached hydrogen (secondary N) is 2. The Labute approximate surface area is 197 Å². The number of amides is 1. The summed E-state index contributed by atoms with van der Waals surface area (Å²) in [5.41, 5.74) is 5.36. The molecule has 0 aliphatic rings. The van der Waals surface area contributed by atoms with Gasteiger partial charge in [-0.2, -0.15) is 0 Å². The molecular formula is C25H27IN2O3. The minimum Gasteiger partial charge on any atom is -0.490 e. The van der Waals surface area contributed by atoms with Crippen molar-refractivity contribution < 1.29 is 14.3 Å². The van der Waals surface area contributed by atoms with Crippen LogP contribution in [-0.4, -0.2) is 19.1 Å². The Morgan fingerprint density at radius 1 is 1.00 bits per heavy atom. The number of rotatable bonds is 9. The van der Waals surface area contributed by atoms with E-state index >= 15 is 0 Å². The Balaban J connectivity index is 1.69. The van der Waals surface area contributed by atoms with E-state index < -0.39 is 0 Å². The lowest BCUT2D eigenvalue weighted by Gasteiger charge is -2.16. The van der Waals surface area contributed by atoms with Gasteiger partial charge in [0.25, 0.3) is 5.91 Å². The molecule has 3 aromatic carbocycles. The predicted molar refractivity (Wildman–Crippen MR) is 134 cm³/mol. The second-order valence-corrected chi connectivity index (χ2v) is 8.37. The molecule has 0 bridgehead atoms. The second-order valence-electron chi connectivity index (χ2n) is 7.21. The van der Waals surface area contributed by atoms with Crippen molar-refractivity contribution in [3.63, 3.8) is 0 Å². The molecule has 0 aliphatic heterocycles. The zero-order valence-corrected chi connectivity index (χ0v) is 20.2. The van der Waals surface area contributed by atoms with Crippen LogP contribution in [0.25, 0.3) is 0 Å². The summed E-state index contributed by atoms with van der Waals surface area (Å²) >= 11 is 2.22. The lowest BCUT2D eigenvalue weighted by molar-refractivity contribution is -0.118. The van der Waals surface area contributed by atoms with Gasteiger partial charge in [0.2, 0.25) is 0 Å². The molecule has 0 unspecified atom stereocenters. The summed E-state index contributed by atoms with van der Waals surface area (Å²) in [7, 11) is 0. The highest BCUT2D eigenvalue weighted by molar-refractivity contribution is 14.1. The van der Waals surface area contributed by atoms with Gasteiger partial charge >= 0.3 is 0 Å².